The molecule has 5 heteroatoms. The van der Waals surface area contributed by atoms with Gasteiger partial charge in [0.15, 0.2) is 0 Å². The fourth-order valence-corrected chi connectivity index (χ4v) is 2.58. The van der Waals surface area contributed by atoms with Crippen LogP contribution in [0.15, 0.2) is 72.9 Å². The standard InChI is InChI=1S/C19H14ClFN2O/c20-17-9-2-1-8-16(17)19(24)23(18-10-3-4-11-22-18)13-14-6-5-7-15(21)12-14/h1-12H,13H2. The van der Waals surface area contributed by atoms with Crippen LogP contribution in [-0.4, -0.2) is 10.9 Å². The van der Waals surface area contributed by atoms with Crippen molar-refractivity contribution in [2.24, 2.45) is 0 Å². The van der Waals surface area contributed by atoms with Gasteiger partial charge in [-0.05, 0) is 42.0 Å². The van der Waals surface area contributed by atoms with Gasteiger partial charge in [-0.2, -0.15) is 0 Å². The molecule has 2 aromatic carbocycles. The summed E-state index contributed by atoms with van der Waals surface area (Å²) in [5, 5.41) is 0.364. The van der Waals surface area contributed by atoms with E-state index in [9.17, 15) is 9.18 Å². The van der Waals surface area contributed by atoms with E-state index in [4.69, 9.17) is 11.6 Å². The Kier molecular flexibility index (Phi) is 4.87. The van der Waals surface area contributed by atoms with Gasteiger partial charge in [0.05, 0.1) is 17.1 Å². The average Bonchev–Trinajstić information content (AvgIpc) is 2.60. The van der Waals surface area contributed by atoms with Crippen molar-refractivity contribution < 1.29 is 9.18 Å². The molecular weight excluding hydrogens is 327 g/mol. The van der Waals surface area contributed by atoms with Gasteiger partial charge >= 0.3 is 0 Å². The molecule has 0 atom stereocenters. The van der Waals surface area contributed by atoms with E-state index in [2.05, 4.69) is 4.98 Å². The van der Waals surface area contributed by atoms with Crippen LogP contribution in [0.25, 0.3) is 0 Å². The molecule has 120 valence electrons. The molecule has 0 aliphatic carbocycles. The summed E-state index contributed by atoms with van der Waals surface area (Å²) in [6, 6.07) is 18.3. The monoisotopic (exact) mass is 340 g/mol. The number of aromatic nitrogens is 1. The lowest BCUT2D eigenvalue weighted by Crippen LogP contribution is -2.31. The van der Waals surface area contributed by atoms with Crippen LogP contribution in [0.1, 0.15) is 15.9 Å². The summed E-state index contributed by atoms with van der Waals surface area (Å²) in [4.78, 5) is 18.7. The first-order valence-electron chi connectivity index (χ1n) is 7.37. The van der Waals surface area contributed by atoms with Gasteiger partial charge < -0.3 is 0 Å². The third kappa shape index (κ3) is 3.60. The van der Waals surface area contributed by atoms with E-state index in [-0.39, 0.29) is 18.3 Å². The summed E-state index contributed by atoms with van der Waals surface area (Å²) >= 11 is 6.15. The summed E-state index contributed by atoms with van der Waals surface area (Å²) < 4.78 is 13.5. The number of pyridine rings is 1. The van der Waals surface area contributed by atoms with E-state index in [0.29, 0.717) is 22.0 Å². The summed E-state index contributed by atoms with van der Waals surface area (Å²) in [5.41, 5.74) is 1.04. The van der Waals surface area contributed by atoms with Crippen molar-refractivity contribution >= 4 is 23.3 Å². The minimum atomic E-state index is -0.348. The lowest BCUT2D eigenvalue weighted by molar-refractivity contribution is 0.0984. The topological polar surface area (TPSA) is 33.2 Å². The second-order valence-corrected chi connectivity index (χ2v) is 5.60. The highest BCUT2D eigenvalue weighted by atomic mass is 35.5. The van der Waals surface area contributed by atoms with Crippen molar-refractivity contribution in [3.8, 4) is 0 Å². The Morgan fingerprint density at radius 3 is 2.54 bits per heavy atom. The van der Waals surface area contributed by atoms with Gasteiger partial charge in [-0.15, -0.1) is 0 Å². The Bertz CT molecular complexity index is 855. The van der Waals surface area contributed by atoms with Crippen LogP contribution in [0, 0.1) is 5.82 Å². The predicted octanol–water partition coefficient (Wildman–Crippen LogP) is 4.72. The minimum absolute atomic E-state index is 0.193. The van der Waals surface area contributed by atoms with Gasteiger partial charge in [-0.25, -0.2) is 9.37 Å². The molecule has 0 unspecified atom stereocenters. The van der Waals surface area contributed by atoms with Crippen LogP contribution in [-0.2, 0) is 6.54 Å². The number of carbonyl (C=O) groups excluding carboxylic acids is 1. The number of carbonyl (C=O) groups is 1. The molecule has 0 saturated heterocycles. The molecule has 0 radical (unpaired) electrons. The summed E-state index contributed by atoms with van der Waals surface area (Å²) in [6.07, 6.45) is 1.60. The molecule has 3 rings (SSSR count). The summed E-state index contributed by atoms with van der Waals surface area (Å²) in [6.45, 7) is 0.193. The molecule has 0 fully saturated rings. The van der Waals surface area contributed by atoms with Crippen LogP contribution in [0.2, 0.25) is 5.02 Å². The number of hydrogen-bond acceptors (Lipinski definition) is 2. The van der Waals surface area contributed by atoms with Crippen molar-refractivity contribution in [3.05, 3.63) is 94.9 Å². The third-order valence-corrected chi connectivity index (χ3v) is 3.83. The molecule has 1 aromatic heterocycles. The molecule has 3 nitrogen and oxygen atoms in total. The number of anilines is 1. The smallest absolute Gasteiger partial charge is 0.261 e. The normalized spacial score (nSPS) is 10.4. The molecule has 3 aromatic rings. The van der Waals surface area contributed by atoms with Gasteiger partial charge in [-0.3, -0.25) is 9.69 Å². The number of nitrogens with zero attached hydrogens (tertiary/aromatic N) is 2. The number of amides is 1. The Morgan fingerprint density at radius 2 is 1.83 bits per heavy atom. The van der Waals surface area contributed by atoms with Crippen LogP contribution in [0.5, 0.6) is 0 Å². The van der Waals surface area contributed by atoms with Crippen LogP contribution >= 0.6 is 11.6 Å². The van der Waals surface area contributed by atoms with E-state index in [1.165, 1.54) is 17.0 Å². The molecule has 1 amide bonds. The summed E-state index contributed by atoms with van der Waals surface area (Å²) in [5.74, 6) is -0.158. The van der Waals surface area contributed by atoms with Gasteiger partial charge in [0.25, 0.3) is 5.91 Å². The van der Waals surface area contributed by atoms with Crippen LogP contribution in [0.4, 0.5) is 10.2 Å². The lowest BCUT2D eigenvalue weighted by atomic mass is 10.1. The maximum Gasteiger partial charge on any atom is 0.261 e. The molecular formula is C19H14ClFN2O. The quantitative estimate of drug-likeness (QED) is 0.688. The molecule has 0 aliphatic heterocycles. The zero-order valence-electron chi connectivity index (χ0n) is 12.7. The Morgan fingerprint density at radius 1 is 1.04 bits per heavy atom. The molecule has 0 spiro atoms. The number of benzene rings is 2. The second-order valence-electron chi connectivity index (χ2n) is 5.19. The second kappa shape index (κ2) is 7.23. The van der Waals surface area contributed by atoms with E-state index in [1.54, 1.807) is 60.8 Å². The molecule has 0 N–H and O–H groups in total. The van der Waals surface area contributed by atoms with E-state index >= 15 is 0 Å². The van der Waals surface area contributed by atoms with Crippen LogP contribution in [0.3, 0.4) is 0 Å². The Hall–Kier alpha value is -2.72. The zero-order valence-corrected chi connectivity index (χ0v) is 13.4. The van der Waals surface area contributed by atoms with Crippen molar-refractivity contribution in [2.45, 2.75) is 6.54 Å². The maximum atomic E-state index is 13.5. The first-order valence-corrected chi connectivity index (χ1v) is 7.75. The molecule has 0 saturated carbocycles. The average molecular weight is 341 g/mol. The van der Waals surface area contributed by atoms with E-state index < -0.39 is 0 Å². The highest BCUT2D eigenvalue weighted by Gasteiger charge is 2.21. The van der Waals surface area contributed by atoms with Crippen molar-refractivity contribution in [3.63, 3.8) is 0 Å². The van der Waals surface area contributed by atoms with Crippen molar-refractivity contribution in [1.29, 1.82) is 0 Å². The highest BCUT2D eigenvalue weighted by molar-refractivity contribution is 6.34. The number of halogens is 2. The Labute approximate surface area is 144 Å². The number of rotatable bonds is 4. The largest absolute Gasteiger partial charge is 0.288 e. The van der Waals surface area contributed by atoms with Gasteiger partial charge in [0.1, 0.15) is 11.6 Å². The van der Waals surface area contributed by atoms with Crippen molar-refractivity contribution in [1.82, 2.24) is 4.98 Å². The maximum absolute atomic E-state index is 13.5. The lowest BCUT2D eigenvalue weighted by Gasteiger charge is -2.22. The van der Waals surface area contributed by atoms with Crippen molar-refractivity contribution in [2.75, 3.05) is 4.90 Å². The van der Waals surface area contributed by atoms with E-state index in [1.807, 2.05) is 0 Å². The molecule has 0 bridgehead atoms. The van der Waals surface area contributed by atoms with Gasteiger partial charge in [-0.1, -0.05) is 41.9 Å². The van der Waals surface area contributed by atoms with E-state index in [0.717, 1.165) is 0 Å². The first kappa shape index (κ1) is 16.1. The number of hydrogen-bond donors (Lipinski definition) is 0. The first-order chi connectivity index (χ1) is 11.6. The molecule has 1 heterocycles. The minimum Gasteiger partial charge on any atom is -0.288 e. The fraction of sp³-hybridized carbons (Fsp3) is 0.0526. The van der Waals surface area contributed by atoms with Crippen LogP contribution < -0.4 is 4.90 Å². The van der Waals surface area contributed by atoms with Gasteiger partial charge in [0, 0.05) is 6.20 Å². The van der Waals surface area contributed by atoms with Gasteiger partial charge in [0.2, 0.25) is 0 Å². The Balaban J connectivity index is 1.99. The molecule has 0 aliphatic rings. The predicted molar refractivity (Wildman–Crippen MR) is 92.6 cm³/mol. The highest BCUT2D eigenvalue weighted by Crippen LogP contribution is 2.22. The summed E-state index contributed by atoms with van der Waals surface area (Å²) in [7, 11) is 0. The SMILES string of the molecule is O=C(c1ccccc1Cl)N(Cc1cccc(F)c1)c1ccccn1. The third-order valence-electron chi connectivity index (χ3n) is 3.50. The fourth-order valence-electron chi connectivity index (χ4n) is 2.37. The zero-order chi connectivity index (χ0) is 16.9. The molecule has 24 heavy (non-hydrogen) atoms.